The van der Waals surface area contributed by atoms with Crippen LogP contribution in [0.3, 0.4) is 0 Å². The highest BCUT2D eigenvalue weighted by Crippen LogP contribution is 2.35. The lowest BCUT2D eigenvalue weighted by molar-refractivity contribution is -0.149. The molecule has 0 unspecified atom stereocenters. The maximum absolute atomic E-state index is 13.3. The minimum absolute atomic E-state index is 0.318. The summed E-state index contributed by atoms with van der Waals surface area (Å²) in [4.78, 5) is 25.9. The Morgan fingerprint density at radius 2 is 1.11 bits per heavy atom. The number of fused-ring (bicyclic) bond motifs is 2. The minimum atomic E-state index is -0.824. The zero-order chi connectivity index (χ0) is 24.2. The fraction of sp³-hybridized carbons (Fsp3) is 0.0968. The molecule has 0 aromatic heterocycles. The first-order chi connectivity index (χ1) is 17.1. The Morgan fingerprint density at radius 3 is 1.69 bits per heavy atom. The average molecular weight is 460 g/mol. The first-order valence-electron chi connectivity index (χ1n) is 11.6. The molecule has 1 atom stereocenters. The van der Waals surface area contributed by atoms with Gasteiger partial charge in [0.05, 0.1) is 0 Å². The van der Waals surface area contributed by atoms with E-state index in [4.69, 9.17) is 4.74 Å². The van der Waals surface area contributed by atoms with E-state index in [9.17, 15) is 9.59 Å². The van der Waals surface area contributed by atoms with E-state index < -0.39 is 18.1 Å². The molecule has 1 N–H and O–H groups in total. The number of ether oxygens (including phenoxy) is 1. The normalized spacial score (nSPS) is 11.9. The third-order valence-corrected chi connectivity index (χ3v) is 6.18. The molecule has 5 aromatic rings. The summed E-state index contributed by atoms with van der Waals surface area (Å²) < 4.78 is 6.18. The van der Waals surface area contributed by atoms with Crippen LogP contribution in [0, 0.1) is 0 Å². The van der Waals surface area contributed by atoms with Crippen LogP contribution in [0.2, 0.25) is 0 Å². The van der Waals surface area contributed by atoms with Crippen molar-refractivity contribution in [3.05, 3.63) is 132 Å². The van der Waals surface area contributed by atoms with Gasteiger partial charge in [-0.3, -0.25) is 4.79 Å². The van der Waals surface area contributed by atoms with Crippen LogP contribution >= 0.6 is 0 Å². The smallest absolute Gasteiger partial charge is 0.329 e. The highest BCUT2D eigenvalue weighted by Gasteiger charge is 2.26. The molecule has 0 saturated heterocycles. The Kier molecular flexibility index (Phi) is 6.27. The van der Waals surface area contributed by atoms with Crippen LogP contribution in [-0.2, 0) is 9.53 Å². The quantitative estimate of drug-likeness (QED) is 0.297. The molecule has 0 bridgehead atoms. The predicted molar refractivity (Wildman–Crippen MR) is 139 cm³/mol. The van der Waals surface area contributed by atoms with E-state index in [1.165, 1.54) is 0 Å². The molecule has 5 aromatic carbocycles. The van der Waals surface area contributed by atoms with Crippen LogP contribution in [0.25, 0.3) is 21.5 Å². The van der Waals surface area contributed by atoms with Gasteiger partial charge < -0.3 is 10.1 Å². The Balaban J connectivity index is 1.53. The van der Waals surface area contributed by atoms with Gasteiger partial charge in [-0.05, 0) is 40.6 Å². The molecular weight excluding hydrogens is 434 g/mol. The van der Waals surface area contributed by atoms with Gasteiger partial charge in [-0.2, -0.15) is 0 Å². The van der Waals surface area contributed by atoms with Gasteiger partial charge in [0.1, 0.15) is 6.04 Å². The van der Waals surface area contributed by atoms with E-state index in [0.717, 1.165) is 32.7 Å². The van der Waals surface area contributed by atoms with Gasteiger partial charge in [0.25, 0.3) is 5.91 Å². The van der Waals surface area contributed by atoms with Crippen LogP contribution in [-0.4, -0.2) is 17.9 Å². The van der Waals surface area contributed by atoms with Crippen molar-refractivity contribution in [1.82, 2.24) is 5.32 Å². The Labute approximate surface area is 204 Å². The van der Waals surface area contributed by atoms with Crippen LogP contribution in [0.15, 0.2) is 115 Å². The van der Waals surface area contributed by atoms with Gasteiger partial charge in [0.15, 0.2) is 6.10 Å². The number of rotatable bonds is 6. The number of benzene rings is 5. The molecule has 5 rings (SSSR count). The number of hydrogen-bond donors (Lipinski definition) is 1. The van der Waals surface area contributed by atoms with Crippen LogP contribution in [0.1, 0.15) is 34.5 Å². The van der Waals surface area contributed by atoms with E-state index in [1.807, 2.05) is 91.0 Å². The van der Waals surface area contributed by atoms with Crippen molar-refractivity contribution in [3.63, 3.8) is 0 Å². The van der Waals surface area contributed by atoms with E-state index in [0.29, 0.717) is 5.56 Å². The molecule has 4 heteroatoms. The van der Waals surface area contributed by atoms with Crippen LogP contribution in [0.4, 0.5) is 0 Å². The number of carbonyl (C=O) groups is 2. The molecule has 0 aliphatic rings. The summed E-state index contributed by atoms with van der Waals surface area (Å²) in [7, 11) is 0. The molecule has 0 aliphatic carbocycles. The van der Waals surface area contributed by atoms with Crippen molar-refractivity contribution >= 4 is 33.4 Å². The van der Waals surface area contributed by atoms with E-state index in [-0.39, 0.29) is 5.91 Å². The van der Waals surface area contributed by atoms with E-state index >= 15 is 0 Å². The SMILES string of the molecule is C[C@H](NC(=O)c1ccccc1)C(=O)OC(c1cccc2ccccc12)c1cccc2ccccc12. The predicted octanol–water partition coefficient (Wildman–Crippen LogP) is 6.44. The Bertz CT molecular complexity index is 1420. The largest absolute Gasteiger partial charge is 0.451 e. The van der Waals surface area contributed by atoms with Crippen LogP contribution < -0.4 is 5.32 Å². The second-order valence-electron chi connectivity index (χ2n) is 8.51. The molecule has 172 valence electrons. The second-order valence-corrected chi connectivity index (χ2v) is 8.51. The van der Waals surface area contributed by atoms with E-state index in [2.05, 4.69) is 5.32 Å². The average Bonchev–Trinajstić information content (AvgIpc) is 2.91. The maximum atomic E-state index is 13.3. The van der Waals surface area contributed by atoms with Gasteiger partial charge in [0, 0.05) is 16.7 Å². The minimum Gasteiger partial charge on any atom is -0.451 e. The zero-order valence-corrected chi connectivity index (χ0v) is 19.3. The first-order valence-corrected chi connectivity index (χ1v) is 11.6. The standard InChI is InChI=1S/C31H25NO3/c1-21(32-30(33)24-13-3-2-4-14-24)31(34)35-29(27-19-9-15-22-11-5-7-17-25(22)27)28-20-10-16-23-12-6-8-18-26(23)28/h2-21,29H,1H3,(H,32,33)/t21-/m0/s1. The second kappa shape index (κ2) is 9.82. The Hall–Kier alpha value is -4.44. The monoisotopic (exact) mass is 459 g/mol. The van der Waals surface area contributed by atoms with Crippen molar-refractivity contribution in [1.29, 1.82) is 0 Å². The number of nitrogens with one attached hydrogen (secondary N) is 1. The van der Waals surface area contributed by atoms with Crippen molar-refractivity contribution in [3.8, 4) is 0 Å². The molecular formula is C31H25NO3. The lowest BCUT2D eigenvalue weighted by Crippen LogP contribution is -2.40. The third-order valence-electron chi connectivity index (χ3n) is 6.18. The highest BCUT2D eigenvalue weighted by atomic mass is 16.5. The molecule has 35 heavy (non-hydrogen) atoms. The van der Waals surface area contributed by atoms with Crippen molar-refractivity contribution in [2.75, 3.05) is 0 Å². The van der Waals surface area contributed by atoms with Gasteiger partial charge in [-0.1, -0.05) is 103 Å². The van der Waals surface area contributed by atoms with Crippen LogP contribution in [0.5, 0.6) is 0 Å². The maximum Gasteiger partial charge on any atom is 0.329 e. The van der Waals surface area contributed by atoms with Crippen molar-refractivity contribution in [2.45, 2.75) is 19.1 Å². The summed E-state index contributed by atoms with van der Waals surface area (Å²) >= 11 is 0. The van der Waals surface area contributed by atoms with Gasteiger partial charge in [-0.25, -0.2) is 4.79 Å². The van der Waals surface area contributed by atoms with E-state index in [1.54, 1.807) is 31.2 Å². The zero-order valence-electron chi connectivity index (χ0n) is 19.3. The number of carbonyl (C=O) groups excluding carboxylic acids is 2. The third kappa shape index (κ3) is 4.64. The van der Waals surface area contributed by atoms with Crippen molar-refractivity contribution < 1.29 is 14.3 Å². The molecule has 0 fully saturated rings. The Morgan fingerprint density at radius 1 is 0.629 bits per heavy atom. The molecule has 0 radical (unpaired) electrons. The summed E-state index contributed by atoms with van der Waals surface area (Å²) in [5.74, 6) is -0.818. The molecule has 0 spiro atoms. The van der Waals surface area contributed by atoms with Crippen molar-refractivity contribution in [2.24, 2.45) is 0 Å². The number of esters is 1. The molecule has 0 aliphatic heterocycles. The lowest BCUT2D eigenvalue weighted by atomic mass is 9.92. The molecule has 0 saturated carbocycles. The highest BCUT2D eigenvalue weighted by molar-refractivity contribution is 5.97. The summed E-state index contributed by atoms with van der Waals surface area (Å²) in [5.41, 5.74) is 2.29. The molecule has 0 heterocycles. The molecule has 1 amide bonds. The first kappa shape index (κ1) is 22.4. The number of hydrogen-bond acceptors (Lipinski definition) is 3. The fourth-order valence-corrected chi connectivity index (χ4v) is 4.40. The summed E-state index contributed by atoms with van der Waals surface area (Å²) in [5, 5.41) is 6.93. The van der Waals surface area contributed by atoms with Gasteiger partial charge in [0.2, 0.25) is 0 Å². The summed E-state index contributed by atoms with van der Waals surface area (Å²) in [6, 6.07) is 36.2. The topological polar surface area (TPSA) is 55.4 Å². The fourth-order valence-electron chi connectivity index (χ4n) is 4.40. The summed E-state index contributed by atoms with van der Waals surface area (Å²) in [6.45, 7) is 1.65. The van der Waals surface area contributed by atoms with Gasteiger partial charge >= 0.3 is 5.97 Å². The lowest BCUT2D eigenvalue weighted by Gasteiger charge is -2.24. The summed E-state index contributed by atoms with van der Waals surface area (Å²) in [6.07, 6.45) is -0.643. The molecule has 4 nitrogen and oxygen atoms in total. The van der Waals surface area contributed by atoms with Gasteiger partial charge in [-0.15, -0.1) is 0 Å². The number of amides is 1.